The lowest BCUT2D eigenvalue weighted by atomic mass is 9.45. The van der Waals surface area contributed by atoms with Crippen molar-refractivity contribution in [2.75, 3.05) is 13.7 Å². The molecular weight excluding hydrogens is 603 g/mol. The summed E-state index contributed by atoms with van der Waals surface area (Å²) in [6.45, 7) is 12.0. The fourth-order valence-corrected chi connectivity index (χ4v) is 11.8. The number of fused-ring (bicyclic) bond motifs is 7. The minimum absolute atomic E-state index is 0.0329. The Bertz CT molecular complexity index is 1220. The average Bonchev–Trinajstić information content (AvgIpc) is 3.33. The van der Waals surface area contributed by atoms with E-state index in [1.165, 1.54) is 0 Å². The molecule has 4 saturated carbocycles. The molecule has 1 heterocycles. The zero-order chi connectivity index (χ0) is 32.1. The molecule has 1 unspecified atom stereocenters. The van der Waals surface area contributed by atoms with Gasteiger partial charge in [-0.3, -0.25) is 13.6 Å². The number of aliphatic hydroxyl groups is 3. The highest BCUT2D eigenvalue weighted by Crippen LogP contribution is 2.72. The first-order chi connectivity index (χ1) is 19.7. The first-order valence-corrected chi connectivity index (χ1v) is 18.5. The van der Waals surface area contributed by atoms with Crippen LogP contribution in [0.4, 0.5) is 0 Å². The lowest BCUT2D eigenvalue weighted by molar-refractivity contribution is -0.233. The van der Waals surface area contributed by atoms with Crippen molar-refractivity contribution in [3.05, 3.63) is 0 Å². The van der Waals surface area contributed by atoms with Crippen LogP contribution in [-0.4, -0.2) is 83.0 Å². The van der Waals surface area contributed by atoms with E-state index in [1.54, 1.807) is 0 Å². The second-order valence-electron chi connectivity index (χ2n) is 15.2. The molecule has 4 aliphatic carbocycles. The molecule has 43 heavy (non-hydrogen) atoms. The van der Waals surface area contributed by atoms with E-state index in [9.17, 15) is 37.7 Å². The van der Waals surface area contributed by atoms with E-state index < -0.39 is 83.4 Å². The largest absolute Gasteiger partial charge is 0.472 e. The van der Waals surface area contributed by atoms with E-state index in [2.05, 4.69) is 38.8 Å². The van der Waals surface area contributed by atoms with Gasteiger partial charge in [-0.25, -0.2) is 8.75 Å². The van der Waals surface area contributed by atoms with E-state index in [0.717, 1.165) is 13.5 Å². The highest BCUT2D eigenvalue weighted by Gasteiger charge is 2.74. The minimum atomic E-state index is -4.84. The van der Waals surface area contributed by atoms with Crippen LogP contribution in [0.3, 0.4) is 0 Å². The van der Waals surface area contributed by atoms with Gasteiger partial charge in [0, 0.05) is 13.0 Å². The Morgan fingerprint density at radius 2 is 1.70 bits per heavy atom. The van der Waals surface area contributed by atoms with E-state index in [-0.39, 0.29) is 36.2 Å². The number of phosphoric acid groups is 1. The van der Waals surface area contributed by atoms with Crippen LogP contribution in [0.5, 0.6) is 0 Å². The summed E-state index contributed by atoms with van der Waals surface area (Å²) in [5.74, 6) is -1.44. The first-order valence-electron chi connectivity index (χ1n) is 15.6. The summed E-state index contributed by atoms with van der Waals surface area (Å²) in [5, 5.41) is 35.2. The number of aliphatic hydroxyl groups excluding tert-OH is 2. The Morgan fingerprint density at radius 3 is 2.28 bits per heavy atom. The second kappa shape index (κ2) is 11.2. The third kappa shape index (κ3) is 5.50. The van der Waals surface area contributed by atoms with Crippen molar-refractivity contribution >= 4 is 18.2 Å². The molecule has 5 rings (SSSR count). The Morgan fingerprint density at radius 1 is 1.05 bits per heavy atom. The van der Waals surface area contributed by atoms with Crippen molar-refractivity contribution < 1.29 is 55.7 Å². The summed E-state index contributed by atoms with van der Waals surface area (Å²) < 4.78 is 67.2. The number of phosphoric ester groups is 1. The number of hydrogen-bond acceptors (Lipinski definition) is 10. The van der Waals surface area contributed by atoms with E-state index in [4.69, 9.17) is 13.8 Å². The molecular formula is C29H51O12PS. The lowest BCUT2D eigenvalue weighted by Crippen LogP contribution is -2.66. The van der Waals surface area contributed by atoms with E-state index in [1.807, 2.05) is 6.92 Å². The molecule has 12 nitrogen and oxygen atoms in total. The zero-order valence-electron chi connectivity index (χ0n) is 26.2. The number of rotatable bonds is 8. The molecule has 0 spiro atoms. The van der Waals surface area contributed by atoms with Crippen LogP contribution in [0.25, 0.3) is 0 Å². The molecule has 5 fully saturated rings. The quantitative estimate of drug-likeness (QED) is 0.190. The fraction of sp³-hybridized carbons (Fsp3) is 1.00. The maximum atomic E-state index is 13.0. The van der Waals surface area contributed by atoms with Crippen molar-refractivity contribution in [1.29, 1.82) is 0 Å². The molecule has 0 amide bonds. The van der Waals surface area contributed by atoms with Gasteiger partial charge in [-0.15, -0.1) is 0 Å². The van der Waals surface area contributed by atoms with Gasteiger partial charge in [-0.2, -0.15) is 8.42 Å². The standard InChI is InChI=1S/C29H51O12PS/c1-14(2)16(4)18-12-15(3)20-24(40-18)25(41-42(33,34)38-7)21-19-17(8-9-28(20,21)6)27(5)10-11-29(32,13-39-43(35,36)37)26(27)23(31)22(19)30/h14-26,30-32H,8-13H2,1-7H3,(H,33,34)(H,35,36,37)/t15-,16+,17+,18-,19-,20+,21-,22-,23-,24+,25+,26-,27-,28-,29-/m1/s1. The fourth-order valence-electron chi connectivity index (χ4n) is 10.8. The summed E-state index contributed by atoms with van der Waals surface area (Å²) >= 11 is 0. The Labute approximate surface area is 255 Å². The molecule has 5 aliphatic rings. The Hall–Kier alpha value is -0.180. The van der Waals surface area contributed by atoms with Crippen molar-refractivity contribution in [3.63, 3.8) is 0 Å². The van der Waals surface area contributed by atoms with Crippen LogP contribution in [0, 0.1) is 58.2 Å². The van der Waals surface area contributed by atoms with Gasteiger partial charge in [-0.05, 0) is 84.4 Å². The van der Waals surface area contributed by atoms with Gasteiger partial charge < -0.3 is 24.9 Å². The Kier molecular flexibility index (Phi) is 8.91. The monoisotopic (exact) mass is 654 g/mol. The van der Waals surface area contributed by atoms with Crippen LogP contribution in [0.15, 0.2) is 0 Å². The van der Waals surface area contributed by atoms with E-state index in [0.29, 0.717) is 25.2 Å². The highest BCUT2D eigenvalue weighted by molar-refractivity contribution is 7.80. The number of ether oxygens (including phenoxy) is 1. The van der Waals surface area contributed by atoms with Crippen LogP contribution < -0.4 is 0 Å². The summed E-state index contributed by atoms with van der Waals surface area (Å²) in [4.78, 5) is 10.6. The van der Waals surface area contributed by atoms with Gasteiger partial charge in [-0.1, -0.05) is 41.5 Å². The predicted molar refractivity (Wildman–Crippen MR) is 155 cm³/mol. The third-order valence-electron chi connectivity index (χ3n) is 12.9. The van der Waals surface area contributed by atoms with E-state index >= 15 is 0 Å². The van der Waals surface area contributed by atoms with Gasteiger partial charge in [0.2, 0.25) is 0 Å². The molecule has 14 heteroatoms. The van der Waals surface area contributed by atoms with Crippen molar-refractivity contribution in [1.82, 2.24) is 0 Å². The summed E-state index contributed by atoms with van der Waals surface area (Å²) in [7, 11) is -8.21. The molecule has 0 bridgehead atoms. The summed E-state index contributed by atoms with van der Waals surface area (Å²) in [5.41, 5.74) is -2.99. The number of hydrogen-bond donors (Lipinski definition) is 5. The van der Waals surface area contributed by atoms with Crippen LogP contribution in [0.1, 0.15) is 73.6 Å². The molecule has 1 aliphatic heterocycles. The smallest absolute Gasteiger partial charge is 0.390 e. The maximum absolute atomic E-state index is 13.0. The SMILES string of the molecule is COP(=O)(O)O[C@@H]1[C@H]2O[C@@H]([C@@H](C)C(C)C)C[C@@H](C)[C@@H]2[C@@]2(C)CC[C@H]3[C@@H]([C@@H](O)[C@@H](O)[C@H]4[C@](O)(COS(=O)(=O)O)CC[C@]34C)[C@H]12. The average molecular weight is 655 g/mol. The molecule has 0 aromatic rings. The second-order valence-corrected chi connectivity index (χ2v) is 17.8. The summed E-state index contributed by atoms with van der Waals surface area (Å²) in [6, 6.07) is 0. The molecule has 0 aromatic carbocycles. The van der Waals surface area contributed by atoms with Crippen LogP contribution >= 0.6 is 7.82 Å². The van der Waals surface area contributed by atoms with Gasteiger partial charge in [0.25, 0.3) is 0 Å². The third-order valence-corrected chi connectivity index (χ3v) is 14.3. The van der Waals surface area contributed by atoms with Crippen molar-refractivity contribution in [3.8, 4) is 0 Å². The molecule has 250 valence electrons. The Balaban J connectivity index is 1.56. The van der Waals surface area contributed by atoms with Gasteiger partial charge in [0.05, 0.1) is 42.7 Å². The first kappa shape index (κ1) is 34.2. The van der Waals surface area contributed by atoms with Gasteiger partial charge in [0.15, 0.2) is 0 Å². The van der Waals surface area contributed by atoms with Crippen LogP contribution in [-0.2, 0) is 32.9 Å². The predicted octanol–water partition coefficient (Wildman–Crippen LogP) is 3.18. The highest BCUT2D eigenvalue weighted by atomic mass is 32.3. The van der Waals surface area contributed by atoms with Crippen molar-refractivity contribution in [2.45, 2.75) is 110 Å². The summed E-state index contributed by atoms with van der Waals surface area (Å²) in [6.07, 6.45) is -1.58. The topological polar surface area (TPSA) is 189 Å². The molecule has 0 aromatic heterocycles. The molecule has 16 atom stereocenters. The normalized spacial score (nSPS) is 51.7. The molecule has 0 radical (unpaired) electrons. The minimum Gasteiger partial charge on any atom is -0.390 e. The lowest BCUT2D eigenvalue weighted by Gasteiger charge is -2.62. The van der Waals surface area contributed by atoms with Gasteiger partial charge in [0.1, 0.15) is 0 Å². The molecule has 1 saturated heterocycles. The van der Waals surface area contributed by atoms with Crippen molar-refractivity contribution in [2.24, 2.45) is 58.2 Å². The maximum Gasteiger partial charge on any atom is 0.472 e. The zero-order valence-corrected chi connectivity index (χ0v) is 27.9. The van der Waals surface area contributed by atoms with Crippen LogP contribution in [0.2, 0.25) is 0 Å². The van der Waals surface area contributed by atoms with Gasteiger partial charge >= 0.3 is 18.2 Å². The molecule has 5 N–H and O–H groups in total.